The Kier molecular flexibility index (Phi) is 4.36. The Hall–Kier alpha value is -1.92. The third kappa shape index (κ3) is 3.79. The number of aldehydes is 1. The van der Waals surface area contributed by atoms with E-state index in [-0.39, 0.29) is 18.1 Å². The number of carbonyl (C=O) groups is 1. The first-order chi connectivity index (χ1) is 9.49. The van der Waals surface area contributed by atoms with Gasteiger partial charge in [-0.1, -0.05) is 30.3 Å². The molecule has 20 heavy (non-hydrogen) atoms. The molecule has 0 radical (unpaired) electrons. The maximum atomic E-state index is 11.3. The number of ether oxygens (including phenoxy) is 1. The van der Waals surface area contributed by atoms with Crippen LogP contribution in [0.1, 0.15) is 15.9 Å². The van der Waals surface area contributed by atoms with Crippen LogP contribution >= 0.6 is 10.7 Å². The highest BCUT2D eigenvalue weighted by atomic mass is 35.7. The van der Waals surface area contributed by atoms with Gasteiger partial charge in [0.1, 0.15) is 12.9 Å². The lowest BCUT2D eigenvalue weighted by Crippen LogP contribution is -2.02. The molecule has 1 heterocycles. The first-order valence-corrected chi connectivity index (χ1v) is 7.88. The molecule has 0 aliphatic rings. The summed E-state index contributed by atoms with van der Waals surface area (Å²) in [4.78, 5) is 14.6. The molecule has 0 spiro atoms. The maximum absolute atomic E-state index is 11.3. The van der Waals surface area contributed by atoms with E-state index in [1.165, 1.54) is 6.07 Å². The van der Waals surface area contributed by atoms with Crippen LogP contribution in [0.3, 0.4) is 0 Å². The minimum Gasteiger partial charge on any atom is -0.473 e. The highest BCUT2D eigenvalue weighted by Gasteiger charge is 2.15. The lowest BCUT2D eigenvalue weighted by molar-refractivity contribution is 0.112. The number of aromatic nitrogens is 1. The largest absolute Gasteiger partial charge is 0.473 e. The number of carbonyl (C=O) groups excluding carboxylic acids is 1. The molecule has 2 rings (SSSR count). The van der Waals surface area contributed by atoms with E-state index in [9.17, 15) is 13.2 Å². The average molecular weight is 312 g/mol. The first-order valence-electron chi connectivity index (χ1n) is 5.58. The molecule has 0 aliphatic carbocycles. The molecule has 0 amide bonds. The summed E-state index contributed by atoms with van der Waals surface area (Å²) < 4.78 is 27.9. The van der Waals surface area contributed by atoms with Crippen molar-refractivity contribution in [3.63, 3.8) is 0 Å². The molecule has 0 aliphatic heterocycles. The van der Waals surface area contributed by atoms with E-state index in [1.54, 1.807) is 0 Å². The van der Waals surface area contributed by atoms with Crippen LogP contribution in [0.4, 0.5) is 0 Å². The van der Waals surface area contributed by atoms with Gasteiger partial charge in [-0.3, -0.25) is 4.79 Å². The van der Waals surface area contributed by atoms with Crippen LogP contribution in [0.15, 0.2) is 47.5 Å². The second-order valence-corrected chi connectivity index (χ2v) is 6.42. The van der Waals surface area contributed by atoms with Gasteiger partial charge in [0.25, 0.3) is 9.05 Å². The van der Waals surface area contributed by atoms with Gasteiger partial charge >= 0.3 is 0 Å². The number of rotatable bonds is 5. The summed E-state index contributed by atoms with van der Waals surface area (Å²) in [5, 5.41) is -0.410. The van der Waals surface area contributed by atoms with Crippen molar-refractivity contribution in [1.82, 2.24) is 4.98 Å². The molecule has 0 N–H and O–H groups in total. The van der Waals surface area contributed by atoms with Gasteiger partial charge in [0.15, 0.2) is 5.03 Å². The second kappa shape index (κ2) is 6.02. The summed E-state index contributed by atoms with van der Waals surface area (Å²) in [6.07, 6.45) is 0.503. The smallest absolute Gasteiger partial charge is 0.278 e. The zero-order valence-electron chi connectivity index (χ0n) is 10.2. The molecule has 0 bridgehead atoms. The molecule has 5 nitrogen and oxygen atoms in total. The van der Waals surface area contributed by atoms with Crippen LogP contribution < -0.4 is 4.74 Å². The predicted molar refractivity (Wildman–Crippen MR) is 73.4 cm³/mol. The van der Waals surface area contributed by atoms with Crippen LogP contribution in [0.2, 0.25) is 0 Å². The number of benzene rings is 1. The fraction of sp³-hybridized carbons (Fsp3) is 0.0769. The molecule has 0 saturated heterocycles. The van der Waals surface area contributed by atoms with E-state index >= 15 is 0 Å². The van der Waals surface area contributed by atoms with E-state index in [4.69, 9.17) is 15.4 Å². The summed E-state index contributed by atoms with van der Waals surface area (Å²) >= 11 is 0. The van der Waals surface area contributed by atoms with Gasteiger partial charge in [0, 0.05) is 22.3 Å². The van der Waals surface area contributed by atoms with Gasteiger partial charge in [-0.05, 0) is 11.6 Å². The van der Waals surface area contributed by atoms with Crippen molar-refractivity contribution in [2.45, 2.75) is 11.6 Å². The summed E-state index contributed by atoms with van der Waals surface area (Å²) in [7, 11) is 1.20. The van der Waals surface area contributed by atoms with Crippen molar-refractivity contribution in [2.24, 2.45) is 0 Å². The van der Waals surface area contributed by atoms with Crippen LogP contribution in [0.5, 0.6) is 5.88 Å². The maximum Gasteiger partial charge on any atom is 0.278 e. The topological polar surface area (TPSA) is 73.3 Å². The van der Waals surface area contributed by atoms with Crippen LogP contribution in [-0.2, 0) is 15.7 Å². The average Bonchev–Trinajstić information content (AvgIpc) is 2.45. The van der Waals surface area contributed by atoms with Gasteiger partial charge in [0.2, 0.25) is 5.88 Å². The number of hydrogen-bond donors (Lipinski definition) is 0. The monoisotopic (exact) mass is 311 g/mol. The fourth-order valence-corrected chi connectivity index (χ4v) is 2.21. The van der Waals surface area contributed by atoms with Crippen LogP contribution in [0, 0.1) is 0 Å². The molecule has 0 fully saturated rings. The Morgan fingerprint density at radius 1 is 1.20 bits per heavy atom. The normalized spacial score (nSPS) is 11.1. The van der Waals surface area contributed by atoms with Crippen molar-refractivity contribution < 1.29 is 17.9 Å². The van der Waals surface area contributed by atoms with E-state index in [0.29, 0.717) is 6.29 Å². The first kappa shape index (κ1) is 14.5. The van der Waals surface area contributed by atoms with E-state index in [1.807, 2.05) is 30.3 Å². The van der Waals surface area contributed by atoms with Gasteiger partial charge in [-0.15, -0.1) is 0 Å². The molecular formula is C13H10ClNO4S. The third-order valence-corrected chi connectivity index (χ3v) is 3.60. The summed E-state index contributed by atoms with van der Waals surface area (Å²) in [6.45, 7) is 0.206. The molecule has 104 valence electrons. The van der Waals surface area contributed by atoms with E-state index in [0.717, 1.165) is 11.6 Å². The minimum atomic E-state index is -4.02. The van der Waals surface area contributed by atoms with Crippen LogP contribution in [0.25, 0.3) is 0 Å². The molecule has 7 heteroatoms. The van der Waals surface area contributed by atoms with Crippen molar-refractivity contribution in [1.29, 1.82) is 0 Å². The zero-order valence-corrected chi connectivity index (χ0v) is 11.8. The molecule has 1 aromatic heterocycles. The Bertz CT molecular complexity index is 716. The fourth-order valence-electron chi connectivity index (χ4n) is 1.50. The third-order valence-electron chi connectivity index (χ3n) is 2.42. The summed E-state index contributed by atoms with van der Waals surface area (Å²) in [5.74, 6) is 0.0256. The number of nitrogens with zero attached hydrogens (tertiary/aromatic N) is 1. The Morgan fingerprint density at radius 2 is 1.90 bits per heavy atom. The predicted octanol–water partition coefficient (Wildman–Crippen LogP) is 2.40. The van der Waals surface area contributed by atoms with Gasteiger partial charge in [-0.25, -0.2) is 13.4 Å². The number of halogens is 1. The molecule has 0 unspecified atom stereocenters. The minimum absolute atomic E-state index is 0.0256. The molecule has 2 aromatic rings. The number of pyridine rings is 1. The highest BCUT2D eigenvalue weighted by Crippen LogP contribution is 2.19. The summed E-state index contributed by atoms with van der Waals surface area (Å²) in [5.41, 5.74) is 1.02. The molecule has 0 saturated carbocycles. The quantitative estimate of drug-likeness (QED) is 0.626. The Balaban J connectivity index is 2.25. The highest BCUT2D eigenvalue weighted by molar-refractivity contribution is 8.13. The van der Waals surface area contributed by atoms with Crippen molar-refractivity contribution in [3.05, 3.63) is 53.6 Å². The number of hydrogen-bond acceptors (Lipinski definition) is 5. The van der Waals surface area contributed by atoms with Gasteiger partial charge < -0.3 is 4.74 Å². The SMILES string of the molecule is O=Cc1cc(OCc2ccccc2)nc(S(=O)(=O)Cl)c1. The van der Waals surface area contributed by atoms with Crippen molar-refractivity contribution in [2.75, 3.05) is 0 Å². The van der Waals surface area contributed by atoms with Crippen LogP contribution in [-0.4, -0.2) is 19.7 Å². The molecule has 0 atom stereocenters. The van der Waals surface area contributed by atoms with E-state index < -0.39 is 14.1 Å². The Morgan fingerprint density at radius 3 is 2.50 bits per heavy atom. The standard InChI is InChI=1S/C13H10ClNO4S/c14-20(17,18)13-7-11(8-16)6-12(15-13)19-9-10-4-2-1-3-5-10/h1-8H,9H2. The lowest BCUT2D eigenvalue weighted by Gasteiger charge is -2.07. The second-order valence-electron chi connectivity index (χ2n) is 3.91. The van der Waals surface area contributed by atoms with Crippen molar-refractivity contribution in [3.8, 4) is 5.88 Å². The molecular weight excluding hydrogens is 302 g/mol. The zero-order chi connectivity index (χ0) is 14.6. The summed E-state index contributed by atoms with van der Waals surface area (Å²) in [6, 6.07) is 11.7. The molecule has 1 aromatic carbocycles. The lowest BCUT2D eigenvalue weighted by atomic mass is 10.2. The van der Waals surface area contributed by atoms with Crippen molar-refractivity contribution >= 4 is 26.0 Å². The van der Waals surface area contributed by atoms with Gasteiger partial charge in [-0.2, -0.15) is 0 Å². The van der Waals surface area contributed by atoms with E-state index in [2.05, 4.69) is 4.98 Å². The Labute approximate surface area is 120 Å². The van der Waals surface area contributed by atoms with Gasteiger partial charge in [0.05, 0.1) is 0 Å².